The number of nitrogens with one attached hydrogen (secondary N) is 1. The van der Waals surface area contributed by atoms with Crippen LogP contribution >= 0.6 is 27.5 Å². The molecule has 0 saturated heterocycles. The molecule has 0 aliphatic heterocycles. The van der Waals surface area contributed by atoms with Crippen LogP contribution in [0.2, 0.25) is 5.15 Å². The van der Waals surface area contributed by atoms with Crippen LogP contribution in [0.5, 0.6) is 0 Å². The van der Waals surface area contributed by atoms with E-state index in [0.717, 1.165) is 5.56 Å². The van der Waals surface area contributed by atoms with E-state index in [1.165, 1.54) is 18.2 Å². The Morgan fingerprint density at radius 3 is 2.48 bits per heavy atom. The third-order valence-corrected chi connectivity index (χ3v) is 8.68. The molecule has 2 heterocycles. The number of hydrogen-bond donors (Lipinski definition) is 2. The van der Waals surface area contributed by atoms with Crippen molar-refractivity contribution in [3.8, 4) is 11.3 Å². The molecule has 12 heteroatoms. The number of hydrogen-bond acceptors (Lipinski definition) is 6. The Hall–Kier alpha value is -3.93. The number of aromatic nitrogens is 2. The molecule has 9 nitrogen and oxygen atoms in total. The molecule has 3 aromatic carbocycles. The Labute approximate surface area is 243 Å². The molecular weight excluding hydrogens is 620 g/mol. The summed E-state index contributed by atoms with van der Waals surface area (Å²) in [6.45, 7) is 2.20. The molecule has 0 bridgehead atoms. The van der Waals surface area contributed by atoms with E-state index in [1.807, 2.05) is 19.1 Å². The largest absolute Gasteiger partial charge is 0.455 e. The fraction of sp³-hybridized carbons (Fsp3) is 0.107. The van der Waals surface area contributed by atoms with E-state index in [2.05, 4.69) is 25.6 Å². The van der Waals surface area contributed by atoms with E-state index in [9.17, 15) is 18.0 Å². The van der Waals surface area contributed by atoms with Crippen LogP contribution in [-0.4, -0.2) is 29.8 Å². The first kappa shape index (κ1) is 27.6. The number of amides is 2. The number of nitrogens with zero attached hydrogens (tertiary/aromatic N) is 2. The van der Waals surface area contributed by atoms with Gasteiger partial charge < -0.3 is 14.7 Å². The first-order valence-electron chi connectivity index (χ1n) is 12.1. The van der Waals surface area contributed by atoms with Gasteiger partial charge in [-0.2, -0.15) is 0 Å². The number of aryl methyl sites for hydroxylation is 1. The number of sulfonamides is 1. The van der Waals surface area contributed by atoms with E-state index in [-0.39, 0.29) is 21.3 Å². The number of benzene rings is 3. The Kier molecular flexibility index (Phi) is 7.54. The smallest absolute Gasteiger partial charge is 0.268 e. The summed E-state index contributed by atoms with van der Waals surface area (Å²) in [5.74, 6) is -0.492. The number of halogens is 2. The Balaban J connectivity index is 1.51. The van der Waals surface area contributed by atoms with Gasteiger partial charge in [-0.15, -0.1) is 0 Å². The number of carbonyl (C=O) groups excluding carboxylic acids is 2. The lowest BCUT2D eigenvalue weighted by atomic mass is 10.0. The Morgan fingerprint density at radius 2 is 1.77 bits per heavy atom. The van der Waals surface area contributed by atoms with Crippen molar-refractivity contribution >= 4 is 60.3 Å². The van der Waals surface area contributed by atoms with Gasteiger partial charge in [-0.3, -0.25) is 9.59 Å². The van der Waals surface area contributed by atoms with Crippen LogP contribution in [0, 0.1) is 0 Å². The minimum absolute atomic E-state index is 0.0248. The SMILES string of the molecule is CCc1nc(Cl)c(C(N)=O)n1Cc1ccc2oc(-c3ccccc3C(=O)NS(=O)(=O)c3ccccc3)c(Br)c2c1. The quantitative estimate of drug-likeness (QED) is 0.228. The van der Waals surface area contributed by atoms with E-state index >= 15 is 0 Å². The minimum atomic E-state index is -4.08. The van der Waals surface area contributed by atoms with Gasteiger partial charge in [0.25, 0.3) is 21.8 Å². The fourth-order valence-electron chi connectivity index (χ4n) is 4.43. The fourth-order valence-corrected chi connectivity index (χ4v) is 6.31. The number of nitrogens with two attached hydrogens (primary N) is 1. The van der Waals surface area contributed by atoms with Crippen molar-refractivity contribution in [2.24, 2.45) is 5.73 Å². The van der Waals surface area contributed by atoms with Crippen molar-refractivity contribution in [2.75, 3.05) is 0 Å². The average Bonchev–Trinajstić information content (AvgIpc) is 3.44. The molecule has 0 saturated carbocycles. The highest BCUT2D eigenvalue weighted by Crippen LogP contribution is 2.39. The van der Waals surface area contributed by atoms with E-state index in [4.69, 9.17) is 21.8 Å². The van der Waals surface area contributed by atoms with Gasteiger partial charge in [0.2, 0.25) is 0 Å². The molecule has 2 amide bonds. The van der Waals surface area contributed by atoms with Crippen LogP contribution in [0.1, 0.15) is 39.2 Å². The van der Waals surface area contributed by atoms with Gasteiger partial charge in [-0.05, 0) is 51.8 Å². The highest BCUT2D eigenvalue weighted by atomic mass is 79.9. The standard InChI is InChI=1S/C28H22BrClN4O5S/c1-2-22-32-26(30)24(27(31)35)34(22)15-16-12-13-21-20(14-16)23(29)25(39-21)18-10-6-7-11-19(18)28(36)33-40(37,38)17-8-4-3-5-9-17/h3-14H,2,15H2,1H3,(H2,31,35)(H,33,36). The van der Waals surface area contributed by atoms with Crippen molar-refractivity contribution in [1.82, 2.24) is 14.3 Å². The molecule has 0 atom stereocenters. The van der Waals surface area contributed by atoms with Crippen molar-refractivity contribution in [2.45, 2.75) is 24.8 Å². The lowest BCUT2D eigenvalue weighted by Gasteiger charge is -2.10. The molecule has 0 unspecified atom stereocenters. The summed E-state index contributed by atoms with van der Waals surface area (Å²) in [6, 6.07) is 19.7. The van der Waals surface area contributed by atoms with E-state index in [1.54, 1.807) is 47.0 Å². The summed E-state index contributed by atoms with van der Waals surface area (Å²) in [5.41, 5.74) is 7.57. The van der Waals surface area contributed by atoms with E-state index in [0.29, 0.717) is 45.6 Å². The molecule has 5 rings (SSSR count). The van der Waals surface area contributed by atoms with Gasteiger partial charge in [0.05, 0.1) is 14.9 Å². The van der Waals surface area contributed by atoms with Gasteiger partial charge in [-0.1, -0.05) is 61.0 Å². The van der Waals surface area contributed by atoms with Crippen LogP contribution in [0.4, 0.5) is 0 Å². The molecule has 0 fully saturated rings. The highest BCUT2D eigenvalue weighted by molar-refractivity contribution is 9.10. The number of imidazole rings is 1. The summed E-state index contributed by atoms with van der Waals surface area (Å²) in [6.07, 6.45) is 0.549. The van der Waals surface area contributed by atoms with Gasteiger partial charge in [-0.25, -0.2) is 18.1 Å². The molecular formula is C28H22BrClN4O5S. The summed E-state index contributed by atoms with van der Waals surface area (Å²) in [7, 11) is -4.08. The summed E-state index contributed by atoms with van der Waals surface area (Å²) in [5, 5.41) is 0.769. The highest BCUT2D eigenvalue weighted by Gasteiger charge is 2.24. The van der Waals surface area contributed by atoms with Gasteiger partial charge in [0.15, 0.2) is 5.15 Å². The van der Waals surface area contributed by atoms with Crippen LogP contribution in [-0.2, 0) is 23.0 Å². The van der Waals surface area contributed by atoms with Crippen molar-refractivity contribution in [3.05, 3.63) is 105 Å². The van der Waals surface area contributed by atoms with Crippen molar-refractivity contribution < 1.29 is 22.4 Å². The van der Waals surface area contributed by atoms with Gasteiger partial charge in [0.1, 0.15) is 22.9 Å². The summed E-state index contributed by atoms with van der Waals surface area (Å²) < 4.78 is 36.0. The second-order valence-corrected chi connectivity index (χ2v) is 11.7. The lowest BCUT2D eigenvalue weighted by molar-refractivity contribution is 0.0976. The topological polar surface area (TPSA) is 137 Å². The zero-order valence-corrected chi connectivity index (χ0v) is 24.2. The number of primary amides is 1. The predicted molar refractivity (Wildman–Crippen MR) is 155 cm³/mol. The molecule has 0 aliphatic rings. The van der Waals surface area contributed by atoms with E-state index < -0.39 is 21.8 Å². The maximum Gasteiger partial charge on any atom is 0.268 e. The molecule has 0 spiro atoms. The van der Waals surface area contributed by atoms with Crippen LogP contribution < -0.4 is 10.5 Å². The molecule has 5 aromatic rings. The molecule has 40 heavy (non-hydrogen) atoms. The summed E-state index contributed by atoms with van der Waals surface area (Å²) >= 11 is 9.77. The Morgan fingerprint density at radius 1 is 1.07 bits per heavy atom. The maximum atomic E-state index is 13.2. The zero-order valence-electron chi connectivity index (χ0n) is 21.0. The second kappa shape index (κ2) is 10.9. The van der Waals surface area contributed by atoms with Crippen LogP contribution in [0.25, 0.3) is 22.3 Å². The minimum Gasteiger partial charge on any atom is -0.455 e. The van der Waals surface area contributed by atoms with Gasteiger partial charge >= 0.3 is 0 Å². The second-order valence-electron chi connectivity index (χ2n) is 8.84. The number of furan rings is 1. The molecule has 3 N–H and O–H groups in total. The Bertz CT molecular complexity index is 1880. The van der Waals surface area contributed by atoms with Crippen molar-refractivity contribution in [3.63, 3.8) is 0 Å². The first-order valence-corrected chi connectivity index (χ1v) is 14.7. The van der Waals surface area contributed by atoms with Gasteiger partial charge in [0, 0.05) is 23.9 Å². The van der Waals surface area contributed by atoms with Crippen LogP contribution in [0.3, 0.4) is 0 Å². The molecule has 2 aromatic heterocycles. The summed E-state index contributed by atoms with van der Waals surface area (Å²) in [4.78, 5) is 29.4. The number of rotatable bonds is 8. The first-order chi connectivity index (χ1) is 19.1. The predicted octanol–water partition coefficient (Wildman–Crippen LogP) is 5.54. The lowest BCUT2D eigenvalue weighted by Crippen LogP contribution is -2.30. The molecule has 204 valence electrons. The third kappa shape index (κ3) is 5.15. The van der Waals surface area contributed by atoms with Crippen LogP contribution in [0.15, 0.2) is 86.6 Å². The van der Waals surface area contributed by atoms with Crippen molar-refractivity contribution in [1.29, 1.82) is 0 Å². The monoisotopic (exact) mass is 640 g/mol. The average molecular weight is 642 g/mol. The molecule has 0 radical (unpaired) electrons. The number of fused-ring (bicyclic) bond motifs is 1. The third-order valence-electron chi connectivity index (χ3n) is 6.28. The zero-order chi connectivity index (χ0) is 28.6. The maximum absolute atomic E-state index is 13.2. The normalized spacial score (nSPS) is 11.6. The number of carbonyl (C=O) groups is 2. The molecule has 0 aliphatic carbocycles.